The molecule has 0 bridgehead atoms. The molecular formula is C31H23NO5. The molecule has 0 saturated heterocycles. The van der Waals surface area contributed by atoms with Crippen LogP contribution < -0.4 is 5.73 Å². The van der Waals surface area contributed by atoms with Crippen molar-refractivity contribution in [3.8, 4) is 11.1 Å². The van der Waals surface area contributed by atoms with Crippen molar-refractivity contribution in [3.63, 3.8) is 0 Å². The number of primary amides is 1. The smallest absolute Gasteiger partial charge is 0.366 e. The fourth-order valence-electron chi connectivity index (χ4n) is 4.42. The van der Waals surface area contributed by atoms with Crippen LogP contribution in [0, 0.1) is 0 Å². The number of ether oxygens (including phenoxy) is 2. The Balaban J connectivity index is 1.52. The number of hydrogen-bond donors (Lipinski definition) is 1. The average molecular weight is 490 g/mol. The van der Waals surface area contributed by atoms with Crippen molar-refractivity contribution >= 4 is 23.4 Å². The third kappa shape index (κ3) is 4.52. The van der Waals surface area contributed by atoms with Crippen molar-refractivity contribution in [2.75, 3.05) is 0 Å². The number of esters is 2. The molecule has 182 valence electrons. The summed E-state index contributed by atoms with van der Waals surface area (Å²) in [7, 11) is 0. The summed E-state index contributed by atoms with van der Waals surface area (Å²) in [5.74, 6) is -3.06. The first-order chi connectivity index (χ1) is 18.0. The van der Waals surface area contributed by atoms with Crippen molar-refractivity contribution in [2.45, 2.75) is 11.7 Å². The highest BCUT2D eigenvalue weighted by Crippen LogP contribution is 2.40. The van der Waals surface area contributed by atoms with Crippen LogP contribution in [-0.4, -0.2) is 23.4 Å². The van der Waals surface area contributed by atoms with Crippen molar-refractivity contribution < 1.29 is 23.9 Å². The molecule has 0 radical (unpaired) electrons. The fourth-order valence-corrected chi connectivity index (χ4v) is 4.42. The Labute approximate surface area is 214 Å². The molecule has 4 aromatic carbocycles. The van der Waals surface area contributed by atoms with Crippen LogP contribution in [0.5, 0.6) is 0 Å². The van der Waals surface area contributed by atoms with E-state index in [4.69, 9.17) is 15.2 Å². The number of hydrogen-bond acceptors (Lipinski definition) is 5. The SMILES string of the molecule is NC(=O)C1(C(=O)OC(c2ccccc2)c2ccccc2)OC(=O)C=C1c1ccc(-c2ccccc2)cc1. The van der Waals surface area contributed by atoms with Crippen molar-refractivity contribution in [3.05, 3.63) is 138 Å². The molecule has 0 saturated carbocycles. The Morgan fingerprint density at radius 3 is 1.65 bits per heavy atom. The van der Waals surface area contributed by atoms with E-state index < -0.39 is 29.6 Å². The Kier molecular flexibility index (Phi) is 6.39. The van der Waals surface area contributed by atoms with Gasteiger partial charge in [-0.2, -0.15) is 0 Å². The second kappa shape index (κ2) is 9.95. The summed E-state index contributed by atoms with van der Waals surface area (Å²) in [6.07, 6.45) is 0.260. The monoisotopic (exact) mass is 489 g/mol. The Hall–Kier alpha value is -4.97. The molecule has 1 heterocycles. The molecule has 6 nitrogen and oxygen atoms in total. The first-order valence-corrected chi connectivity index (χ1v) is 11.7. The zero-order chi connectivity index (χ0) is 25.8. The lowest BCUT2D eigenvalue weighted by Gasteiger charge is -2.28. The first kappa shape index (κ1) is 23.8. The van der Waals surface area contributed by atoms with Gasteiger partial charge in [0, 0.05) is 11.6 Å². The van der Waals surface area contributed by atoms with Crippen LogP contribution in [0.1, 0.15) is 22.8 Å². The number of nitrogens with two attached hydrogens (primary N) is 1. The van der Waals surface area contributed by atoms with Gasteiger partial charge in [0.15, 0.2) is 6.10 Å². The van der Waals surface area contributed by atoms with Gasteiger partial charge in [-0.25, -0.2) is 9.59 Å². The number of benzene rings is 4. The average Bonchev–Trinajstić information content (AvgIpc) is 3.31. The van der Waals surface area contributed by atoms with E-state index in [0.717, 1.165) is 17.2 Å². The van der Waals surface area contributed by atoms with E-state index in [9.17, 15) is 14.4 Å². The van der Waals surface area contributed by atoms with E-state index in [1.807, 2.05) is 103 Å². The van der Waals surface area contributed by atoms with Gasteiger partial charge in [0.25, 0.3) is 5.91 Å². The molecule has 1 aliphatic rings. The molecule has 1 atom stereocenters. The fraction of sp³-hybridized carbons (Fsp3) is 0.0645. The summed E-state index contributed by atoms with van der Waals surface area (Å²) in [5, 5.41) is 0. The quantitative estimate of drug-likeness (QED) is 0.296. The molecule has 1 aliphatic heterocycles. The molecule has 0 aliphatic carbocycles. The van der Waals surface area contributed by atoms with Crippen LogP contribution in [0.25, 0.3) is 16.7 Å². The van der Waals surface area contributed by atoms with Gasteiger partial charge in [0.05, 0.1) is 0 Å². The van der Waals surface area contributed by atoms with Crippen molar-refractivity contribution in [1.82, 2.24) is 0 Å². The minimum Gasteiger partial charge on any atom is -0.449 e. The van der Waals surface area contributed by atoms with Gasteiger partial charge >= 0.3 is 17.5 Å². The van der Waals surface area contributed by atoms with Crippen molar-refractivity contribution in [2.24, 2.45) is 5.73 Å². The van der Waals surface area contributed by atoms with Gasteiger partial charge in [0.2, 0.25) is 0 Å². The van der Waals surface area contributed by atoms with E-state index in [2.05, 4.69) is 0 Å². The van der Waals surface area contributed by atoms with Crippen LogP contribution in [0.4, 0.5) is 0 Å². The number of cyclic esters (lactones) is 1. The number of carbonyl (C=O) groups excluding carboxylic acids is 3. The van der Waals surface area contributed by atoms with Crippen LogP contribution in [0.15, 0.2) is 121 Å². The van der Waals surface area contributed by atoms with Gasteiger partial charge < -0.3 is 15.2 Å². The number of rotatable bonds is 7. The second-order valence-corrected chi connectivity index (χ2v) is 8.57. The third-order valence-electron chi connectivity index (χ3n) is 6.26. The predicted molar refractivity (Wildman–Crippen MR) is 139 cm³/mol. The zero-order valence-electron chi connectivity index (χ0n) is 19.7. The highest BCUT2D eigenvalue weighted by atomic mass is 16.6. The van der Waals surface area contributed by atoms with E-state index in [1.54, 1.807) is 12.1 Å². The van der Waals surface area contributed by atoms with Crippen LogP contribution >= 0.6 is 0 Å². The molecule has 2 N–H and O–H groups in total. The normalized spacial score (nSPS) is 16.7. The molecule has 5 rings (SSSR count). The molecule has 4 aromatic rings. The lowest BCUT2D eigenvalue weighted by atomic mass is 9.87. The molecule has 6 heteroatoms. The summed E-state index contributed by atoms with van der Waals surface area (Å²) in [5.41, 5.74) is 7.09. The van der Waals surface area contributed by atoms with E-state index in [0.29, 0.717) is 16.7 Å². The third-order valence-corrected chi connectivity index (χ3v) is 6.26. The van der Waals surface area contributed by atoms with E-state index >= 15 is 0 Å². The first-order valence-electron chi connectivity index (χ1n) is 11.7. The predicted octanol–water partition coefficient (Wildman–Crippen LogP) is 4.85. The summed E-state index contributed by atoms with van der Waals surface area (Å²) in [6, 6.07) is 35.0. The van der Waals surface area contributed by atoms with Gasteiger partial charge in [-0.15, -0.1) is 0 Å². The second-order valence-electron chi connectivity index (χ2n) is 8.57. The van der Waals surface area contributed by atoms with E-state index in [1.165, 1.54) is 0 Å². The lowest BCUT2D eigenvalue weighted by molar-refractivity contribution is -0.176. The van der Waals surface area contributed by atoms with Crippen LogP contribution in [-0.2, 0) is 23.9 Å². The number of amides is 1. The topological polar surface area (TPSA) is 95.7 Å². The lowest BCUT2D eigenvalue weighted by Crippen LogP contribution is -2.53. The standard InChI is InChI=1S/C31H23NO5/c32-29(34)31(30(35)36-28(24-12-6-2-7-13-24)25-14-8-3-9-15-25)26(20-27(33)37-31)23-18-16-22(17-19-23)21-10-4-1-5-11-21/h1-20,28H,(H2,32,34). The van der Waals surface area contributed by atoms with Gasteiger partial charge in [-0.3, -0.25) is 4.79 Å². The van der Waals surface area contributed by atoms with Crippen LogP contribution in [0.3, 0.4) is 0 Å². The maximum absolute atomic E-state index is 13.7. The van der Waals surface area contributed by atoms with Crippen LogP contribution in [0.2, 0.25) is 0 Å². The molecule has 37 heavy (non-hydrogen) atoms. The molecule has 0 spiro atoms. The highest BCUT2D eigenvalue weighted by Gasteiger charge is 2.58. The molecule has 1 unspecified atom stereocenters. The molecule has 0 aromatic heterocycles. The zero-order valence-corrected chi connectivity index (χ0v) is 19.7. The molecular weight excluding hydrogens is 466 g/mol. The molecule has 1 amide bonds. The maximum atomic E-state index is 13.7. The Bertz CT molecular complexity index is 1430. The van der Waals surface area contributed by atoms with E-state index in [-0.39, 0.29) is 5.57 Å². The largest absolute Gasteiger partial charge is 0.449 e. The Morgan fingerprint density at radius 2 is 1.14 bits per heavy atom. The summed E-state index contributed by atoms with van der Waals surface area (Å²) < 4.78 is 11.3. The molecule has 0 fully saturated rings. The minimum absolute atomic E-state index is 0.0366. The summed E-state index contributed by atoms with van der Waals surface area (Å²) in [6.45, 7) is 0. The van der Waals surface area contributed by atoms with Gasteiger partial charge in [-0.05, 0) is 27.8 Å². The highest BCUT2D eigenvalue weighted by molar-refractivity contribution is 6.23. The van der Waals surface area contributed by atoms with Crippen molar-refractivity contribution in [1.29, 1.82) is 0 Å². The minimum atomic E-state index is -2.42. The maximum Gasteiger partial charge on any atom is 0.366 e. The summed E-state index contributed by atoms with van der Waals surface area (Å²) in [4.78, 5) is 39.0. The van der Waals surface area contributed by atoms with Gasteiger partial charge in [0.1, 0.15) is 0 Å². The number of carbonyl (C=O) groups is 3. The summed E-state index contributed by atoms with van der Waals surface area (Å²) >= 11 is 0. The van der Waals surface area contributed by atoms with Gasteiger partial charge in [-0.1, -0.05) is 115 Å². The Morgan fingerprint density at radius 1 is 0.676 bits per heavy atom.